The lowest BCUT2D eigenvalue weighted by atomic mass is 10.1. The number of nitrogens with one attached hydrogen (secondary N) is 1. The van der Waals surface area contributed by atoms with E-state index in [4.69, 9.17) is 0 Å². The molecule has 0 unspecified atom stereocenters. The predicted molar refractivity (Wildman–Crippen MR) is 133 cm³/mol. The maximum Gasteiger partial charge on any atom is 0.416 e. The summed E-state index contributed by atoms with van der Waals surface area (Å²) in [4.78, 5) is 29.4. The zero-order valence-corrected chi connectivity index (χ0v) is 20.4. The van der Waals surface area contributed by atoms with Crippen LogP contribution in [0, 0.1) is 18.6 Å². The molecule has 10 heteroatoms. The second kappa shape index (κ2) is 11.0. The van der Waals surface area contributed by atoms with E-state index in [0.717, 1.165) is 35.9 Å². The predicted octanol–water partition coefficient (Wildman–Crippen LogP) is 5.41. The molecule has 1 heterocycles. The maximum absolute atomic E-state index is 14.4. The van der Waals surface area contributed by atoms with Crippen molar-refractivity contribution in [2.45, 2.75) is 13.1 Å². The number of alkyl halides is 3. The Morgan fingerprint density at radius 2 is 1.58 bits per heavy atom. The fourth-order valence-corrected chi connectivity index (χ4v) is 4.04. The van der Waals surface area contributed by atoms with Crippen LogP contribution in [0.3, 0.4) is 0 Å². The molecule has 0 aliphatic carbocycles. The first kappa shape index (κ1) is 26.8. The number of aryl methyl sites for hydroxylation is 1. The molecule has 1 aliphatic heterocycles. The van der Waals surface area contributed by atoms with Crippen molar-refractivity contribution in [3.8, 4) is 0 Å². The lowest BCUT2D eigenvalue weighted by molar-refractivity contribution is -0.137. The number of anilines is 1. The van der Waals surface area contributed by atoms with E-state index in [2.05, 4.69) is 5.32 Å². The van der Waals surface area contributed by atoms with Crippen LogP contribution < -0.4 is 10.2 Å². The Morgan fingerprint density at radius 1 is 0.895 bits per heavy atom. The molecule has 3 aromatic carbocycles. The van der Waals surface area contributed by atoms with Gasteiger partial charge in [-0.15, -0.1) is 0 Å². The molecule has 0 atom stereocenters. The van der Waals surface area contributed by atoms with Crippen LogP contribution in [0.1, 0.15) is 27.0 Å². The van der Waals surface area contributed by atoms with Crippen LogP contribution in [0.25, 0.3) is 6.08 Å². The Labute approximate surface area is 216 Å². The fourth-order valence-electron chi connectivity index (χ4n) is 4.04. The largest absolute Gasteiger partial charge is 0.416 e. The molecule has 0 radical (unpaired) electrons. The van der Waals surface area contributed by atoms with E-state index in [1.807, 2.05) is 6.92 Å². The van der Waals surface area contributed by atoms with Gasteiger partial charge in [-0.25, -0.2) is 8.78 Å². The molecule has 38 heavy (non-hydrogen) atoms. The molecular formula is C28H24F5N3O2. The van der Waals surface area contributed by atoms with Crippen molar-refractivity contribution in [3.63, 3.8) is 0 Å². The number of carbonyl (C=O) groups excluding carboxylic acids is 2. The maximum atomic E-state index is 14.4. The Bertz CT molecular complexity index is 1360. The van der Waals surface area contributed by atoms with Crippen LogP contribution >= 0.6 is 0 Å². The summed E-state index contributed by atoms with van der Waals surface area (Å²) in [7, 11) is 0. The normalized spacial score (nSPS) is 14.4. The number of benzene rings is 3. The number of nitrogens with zero attached hydrogens (tertiary/aromatic N) is 2. The number of rotatable bonds is 5. The highest BCUT2D eigenvalue weighted by molar-refractivity contribution is 6.05. The molecule has 3 aromatic rings. The standard InChI is InChI=1S/C28H24F5N3O2/c1-18-5-7-19(8-6-18)26(37)34-25(15-20-9-10-22(29)17-24(20)30)27(38)36-13-11-35(12-14-36)23-4-2-3-21(16-23)28(31,32)33/h2-10,15-17H,11-14H2,1H3,(H,34,37)/b25-15+. The second-order valence-corrected chi connectivity index (χ2v) is 8.87. The van der Waals surface area contributed by atoms with Crippen LogP contribution in [0.4, 0.5) is 27.6 Å². The summed E-state index contributed by atoms with van der Waals surface area (Å²) < 4.78 is 67.1. The number of piperazine rings is 1. The number of hydrogen-bond donors (Lipinski definition) is 1. The van der Waals surface area contributed by atoms with Crippen molar-refractivity contribution in [1.82, 2.24) is 10.2 Å². The minimum Gasteiger partial charge on any atom is -0.368 e. The molecule has 2 amide bonds. The third kappa shape index (κ3) is 6.37. The van der Waals surface area contributed by atoms with Gasteiger partial charge in [0.15, 0.2) is 0 Å². The molecule has 1 saturated heterocycles. The van der Waals surface area contributed by atoms with Gasteiger partial charge in [-0.1, -0.05) is 23.8 Å². The SMILES string of the molecule is Cc1ccc(C(=O)N/C(=C/c2ccc(F)cc2F)C(=O)N2CCN(c3cccc(C(F)(F)F)c3)CC2)cc1. The van der Waals surface area contributed by atoms with Gasteiger partial charge in [-0.3, -0.25) is 9.59 Å². The number of halogens is 5. The van der Waals surface area contributed by atoms with Gasteiger partial charge in [0.05, 0.1) is 5.56 Å². The Morgan fingerprint density at radius 3 is 2.21 bits per heavy atom. The zero-order valence-electron chi connectivity index (χ0n) is 20.4. The van der Waals surface area contributed by atoms with Crippen molar-refractivity contribution in [1.29, 1.82) is 0 Å². The first-order valence-corrected chi connectivity index (χ1v) is 11.8. The highest BCUT2D eigenvalue weighted by Crippen LogP contribution is 2.32. The molecule has 5 nitrogen and oxygen atoms in total. The average Bonchev–Trinajstić information content (AvgIpc) is 2.89. The van der Waals surface area contributed by atoms with Gasteiger partial charge in [0.25, 0.3) is 11.8 Å². The third-order valence-corrected chi connectivity index (χ3v) is 6.16. The van der Waals surface area contributed by atoms with E-state index in [1.165, 1.54) is 11.0 Å². The van der Waals surface area contributed by atoms with E-state index in [0.29, 0.717) is 11.8 Å². The summed E-state index contributed by atoms with van der Waals surface area (Å²) in [6, 6.07) is 14.4. The minimum absolute atomic E-state index is 0.0958. The van der Waals surface area contributed by atoms with E-state index < -0.39 is 35.2 Å². The van der Waals surface area contributed by atoms with E-state index >= 15 is 0 Å². The van der Waals surface area contributed by atoms with E-state index in [1.54, 1.807) is 35.2 Å². The summed E-state index contributed by atoms with van der Waals surface area (Å²) in [5, 5.41) is 2.54. The first-order valence-electron chi connectivity index (χ1n) is 11.8. The van der Waals surface area contributed by atoms with Crippen molar-refractivity contribution in [3.05, 3.63) is 106 Å². The first-order chi connectivity index (χ1) is 18.0. The van der Waals surface area contributed by atoms with Crippen molar-refractivity contribution in [2.24, 2.45) is 0 Å². The third-order valence-electron chi connectivity index (χ3n) is 6.16. The lowest BCUT2D eigenvalue weighted by Gasteiger charge is -2.36. The van der Waals surface area contributed by atoms with Crippen molar-refractivity contribution in [2.75, 3.05) is 31.1 Å². The number of carbonyl (C=O) groups is 2. The monoisotopic (exact) mass is 529 g/mol. The van der Waals surface area contributed by atoms with E-state index in [-0.39, 0.29) is 43.0 Å². The molecule has 0 bridgehead atoms. The molecule has 1 fully saturated rings. The molecule has 198 valence electrons. The van der Waals surface area contributed by atoms with Gasteiger partial charge in [-0.2, -0.15) is 13.2 Å². The van der Waals surface area contributed by atoms with Crippen LogP contribution in [-0.2, 0) is 11.0 Å². The summed E-state index contributed by atoms with van der Waals surface area (Å²) >= 11 is 0. The molecule has 0 spiro atoms. The van der Waals surface area contributed by atoms with Crippen LogP contribution in [-0.4, -0.2) is 42.9 Å². The van der Waals surface area contributed by atoms with Crippen LogP contribution in [0.15, 0.2) is 72.4 Å². The summed E-state index contributed by atoms with van der Waals surface area (Å²) in [5.74, 6) is -2.89. The van der Waals surface area contributed by atoms with Crippen molar-refractivity contribution >= 4 is 23.6 Å². The quantitative estimate of drug-likeness (QED) is 0.355. The van der Waals surface area contributed by atoms with Gasteiger partial charge in [0.1, 0.15) is 17.3 Å². The Hall–Kier alpha value is -4.21. The highest BCUT2D eigenvalue weighted by atomic mass is 19.4. The van der Waals surface area contributed by atoms with Crippen LogP contribution in [0.2, 0.25) is 0 Å². The molecule has 1 N–H and O–H groups in total. The summed E-state index contributed by atoms with van der Waals surface area (Å²) in [5.41, 5.74) is 0.515. The van der Waals surface area contributed by atoms with Gasteiger partial charge >= 0.3 is 6.18 Å². The molecule has 1 aliphatic rings. The summed E-state index contributed by atoms with van der Waals surface area (Å²) in [6.07, 6.45) is -3.33. The molecule has 4 rings (SSSR count). The zero-order chi connectivity index (χ0) is 27.4. The smallest absolute Gasteiger partial charge is 0.368 e. The topological polar surface area (TPSA) is 52.7 Å². The Kier molecular flexibility index (Phi) is 7.80. The van der Waals surface area contributed by atoms with Gasteiger partial charge in [0, 0.05) is 49.1 Å². The Balaban J connectivity index is 1.54. The second-order valence-electron chi connectivity index (χ2n) is 8.87. The summed E-state index contributed by atoms with van der Waals surface area (Å²) in [6.45, 7) is 2.65. The average molecular weight is 530 g/mol. The number of hydrogen-bond acceptors (Lipinski definition) is 3. The lowest BCUT2D eigenvalue weighted by Crippen LogP contribution is -2.50. The molecule has 0 saturated carbocycles. The van der Waals surface area contributed by atoms with Crippen molar-refractivity contribution < 1.29 is 31.5 Å². The van der Waals surface area contributed by atoms with Crippen LogP contribution in [0.5, 0.6) is 0 Å². The fraction of sp³-hybridized carbons (Fsp3) is 0.214. The number of amides is 2. The van der Waals surface area contributed by atoms with E-state index in [9.17, 15) is 31.5 Å². The molecular weight excluding hydrogens is 505 g/mol. The highest BCUT2D eigenvalue weighted by Gasteiger charge is 2.31. The van der Waals surface area contributed by atoms with Gasteiger partial charge in [0.2, 0.25) is 0 Å². The van der Waals surface area contributed by atoms with Gasteiger partial charge < -0.3 is 15.1 Å². The minimum atomic E-state index is -4.47. The molecule has 0 aromatic heterocycles. The van der Waals surface area contributed by atoms with Gasteiger partial charge in [-0.05, 0) is 55.5 Å².